The van der Waals surface area contributed by atoms with Gasteiger partial charge in [0, 0.05) is 17.5 Å². The number of ketones is 1. The van der Waals surface area contributed by atoms with Crippen LogP contribution in [0.25, 0.3) is 0 Å². The lowest BCUT2D eigenvalue weighted by Crippen LogP contribution is -2.06. The first-order valence-corrected chi connectivity index (χ1v) is 7.79. The number of Topliss-reactive ketones (excluding diaryl/α,β-unsaturated/α-hetero) is 1. The van der Waals surface area contributed by atoms with E-state index in [4.69, 9.17) is 0 Å². The molecule has 0 bridgehead atoms. The number of hydrogen-bond donors (Lipinski definition) is 0. The topological polar surface area (TPSA) is 55.7 Å². The summed E-state index contributed by atoms with van der Waals surface area (Å²) >= 11 is 1.06. The van der Waals surface area contributed by atoms with Crippen LogP contribution in [0.5, 0.6) is 0 Å². The Morgan fingerprint density at radius 1 is 1.17 bits per heavy atom. The Balaban J connectivity index is 0.000000231. The summed E-state index contributed by atoms with van der Waals surface area (Å²) in [6.45, 7) is 6.79. The van der Waals surface area contributed by atoms with Crippen molar-refractivity contribution >= 4 is 17.1 Å². The fraction of sp³-hybridized carbons (Fsp3) is 0.467. The molecule has 23 heavy (non-hydrogen) atoms. The van der Waals surface area contributed by atoms with Crippen LogP contribution in [0.4, 0.5) is 13.2 Å². The second-order valence-corrected chi connectivity index (χ2v) is 6.26. The van der Waals surface area contributed by atoms with Gasteiger partial charge in [0.25, 0.3) is 0 Å². The molecule has 8 heteroatoms. The fourth-order valence-electron chi connectivity index (χ4n) is 1.74. The quantitative estimate of drug-likeness (QED) is 0.766. The van der Waals surface area contributed by atoms with E-state index < -0.39 is 11.9 Å². The standard InChI is InChI=1S/C9H12N2O.C6H6F3NS/c1-3-4-9(12)8-6-10-5-7(2)11-8;1-3-5(6(7,8)9)10-4(2)11-3/h5-6H,3-4H2,1-2H3;1-2H3. The van der Waals surface area contributed by atoms with Gasteiger partial charge in [-0.1, -0.05) is 6.92 Å². The number of rotatable bonds is 3. The summed E-state index contributed by atoms with van der Waals surface area (Å²) in [5.41, 5.74) is 0.522. The number of hydrogen-bond acceptors (Lipinski definition) is 5. The van der Waals surface area contributed by atoms with Gasteiger partial charge in [-0.05, 0) is 27.2 Å². The molecule has 126 valence electrons. The van der Waals surface area contributed by atoms with E-state index in [1.165, 1.54) is 13.1 Å². The largest absolute Gasteiger partial charge is 0.434 e. The normalized spacial score (nSPS) is 10.9. The first kappa shape index (κ1) is 19.2. The van der Waals surface area contributed by atoms with Crippen LogP contribution in [0.2, 0.25) is 0 Å². The van der Waals surface area contributed by atoms with Gasteiger partial charge in [-0.2, -0.15) is 13.2 Å². The van der Waals surface area contributed by atoms with Gasteiger partial charge in [0.2, 0.25) is 0 Å². The third-order valence-corrected chi connectivity index (χ3v) is 3.58. The SMILES string of the molecule is CCCC(=O)c1cncc(C)n1.Cc1nc(C(F)(F)F)c(C)s1. The third kappa shape index (κ3) is 6.05. The lowest BCUT2D eigenvalue weighted by Gasteiger charge is -2.01. The molecule has 0 saturated heterocycles. The van der Waals surface area contributed by atoms with Gasteiger partial charge < -0.3 is 0 Å². The van der Waals surface area contributed by atoms with Gasteiger partial charge >= 0.3 is 6.18 Å². The van der Waals surface area contributed by atoms with Gasteiger partial charge in [-0.25, -0.2) is 9.97 Å². The van der Waals surface area contributed by atoms with Gasteiger partial charge in [0.15, 0.2) is 11.5 Å². The zero-order valence-electron chi connectivity index (χ0n) is 13.4. The van der Waals surface area contributed by atoms with Crippen molar-refractivity contribution in [2.45, 2.75) is 46.7 Å². The predicted molar refractivity (Wildman–Crippen MR) is 82.6 cm³/mol. The highest BCUT2D eigenvalue weighted by atomic mass is 32.1. The van der Waals surface area contributed by atoms with Crippen molar-refractivity contribution in [3.05, 3.63) is 39.4 Å². The number of aryl methyl sites for hydroxylation is 3. The van der Waals surface area contributed by atoms with Crippen molar-refractivity contribution < 1.29 is 18.0 Å². The maximum Gasteiger partial charge on any atom is 0.434 e. The third-order valence-electron chi connectivity index (χ3n) is 2.69. The monoisotopic (exact) mass is 345 g/mol. The van der Waals surface area contributed by atoms with E-state index in [0.29, 0.717) is 17.1 Å². The molecule has 0 fully saturated rings. The molecule has 0 spiro atoms. The molecule has 2 aromatic heterocycles. The lowest BCUT2D eigenvalue weighted by molar-refractivity contribution is -0.141. The summed E-state index contributed by atoms with van der Waals surface area (Å²) in [5.74, 6) is 0.0775. The van der Waals surface area contributed by atoms with E-state index in [-0.39, 0.29) is 10.7 Å². The number of carbonyl (C=O) groups is 1. The van der Waals surface area contributed by atoms with Crippen LogP contribution in [0.1, 0.15) is 51.5 Å². The van der Waals surface area contributed by atoms with Crippen molar-refractivity contribution in [2.75, 3.05) is 0 Å². The maximum atomic E-state index is 12.0. The molecular weight excluding hydrogens is 327 g/mol. The van der Waals surface area contributed by atoms with Crippen LogP contribution in [0.3, 0.4) is 0 Å². The maximum absolute atomic E-state index is 12.0. The highest BCUT2D eigenvalue weighted by Crippen LogP contribution is 2.33. The summed E-state index contributed by atoms with van der Waals surface area (Å²) in [7, 11) is 0. The summed E-state index contributed by atoms with van der Waals surface area (Å²) in [6, 6.07) is 0. The van der Waals surface area contributed by atoms with Crippen LogP contribution in [0, 0.1) is 20.8 Å². The van der Waals surface area contributed by atoms with Crippen LogP contribution < -0.4 is 0 Å². The first-order chi connectivity index (χ1) is 10.6. The summed E-state index contributed by atoms with van der Waals surface area (Å²) in [6.07, 6.45) is 0.273. The molecule has 0 aliphatic heterocycles. The smallest absolute Gasteiger partial charge is 0.292 e. The van der Waals surface area contributed by atoms with E-state index in [9.17, 15) is 18.0 Å². The van der Waals surface area contributed by atoms with E-state index in [1.54, 1.807) is 13.1 Å². The highest BCUT2D eigenvalue weighted by molar-refractivity contribution is 7.11. The van der Waals surface area contributed by atoms with Crippen molar-refractivity contribution in [1.29, 1.82) is 0 Å². The van der Waals surface area contributed by atoms with E-state index in [0.717, 1.165) is 23.5 Å². The Morgan fingerprint density at radius 3 is 2.22 bits per heavy atom. The fourth-order valence-corrected chi connectivity index (χ4v) is 2.58. The molecule has 0 unspecified atom stereocenters. The molecule has 0 aliphatic carbocycles. The van der Waals surface area contributed by atoms with Gasteiger partial charge in [-0.15, -0.1) is 11.3 Å². The number of thiazole rings is 1. The molecule has 0 amide bonds. The zero-order chi connectivity index (χ0) is 17.6. The van der Waals surface area contributed by atoms with E-state index in [2.05, 4.69) is 15.0 Å². The Hall–Kier alpha value is -1.83. The number of carbonyl (C=O) groups excluding carboxylic acids is 1. The minimum atomic E-state index is -4.30. The Labute approximate surface area is 136 Å². The second kappa shape index (κ2) is 8.14. The molecule has 4 nitrogen and oxygen atoms in total. The second-order valence-electron chi connectivity index (χ2n) is 4.85. The summed E-state index contributed by atoms with van der Waals surface area (Å²) in [4.78, 5) is 22.9. The molecule has 2 rings (SSSR count). The van der Waals surface area contributed by atoms with Crippen LogP contribution in [-0.4, -0.2) is 20.7 Å². The Kier molecular flexibility index (Phi) is 6.80. The van der Waals surface area contributed by atoms with Crippen molar-refractivity contribution in [3.63, 3.8) is 0 Å². The van der Waals surface area contributed by atoms with Crippen LogP contribution in [-0.2, 0) is 6.18 Å². The zero-order valence-corrected chi connectivity index (χ0v) is 14.2. The molecular formula is C15H18F3N3OS. The molecule has 0 saturated carbocycles. The van der Waals surface area contributed by atoms with E-state index >= 15 is 0 Å². The molecule has 0 radical (unpaired) electrons. The molecule has 0 N–H and O–H groups in total. The van der Waals surface area contributed by atoms with Gasteiger partial charge in [-0.3, -0.25) is 9.78 Å². The molecule has 0 atom stereocenters. The van der Waals surface area contributed by atoms with Crippen molar-refractivity contribution in [2.24, 2.45) is 0 Å². The Morgan fingerprint density at radius 2 is 1.83 bits per heavy atom. The number of alkyl halides is 3. The van der Waals surface area contributed by atoms with E-state index in [1.807, 2.05) is 13.8 Å². The van der Waals surface area contributed by atoms with Gasteiger partial charge in [0.1, 0.15) is 5.69 Å². The summed E-state index contributed by atoms with van der Waals surface area (Å²) in [5, 5.41) is 0.454. The van der Waals surface area contributed by atoms with Crippen molar-refractivity contribution in [1.82, 2.24) is 15.0 Å². The highest BCUT2D eigenvalue weighted by Gasteiger charge is 2.35. The average molecular weight is 345 g/mol. The lowest BCUT2D eigenvalue weighted by atomic mass is 10.2. The molecule has 0 aliphatic rings. The molecule has 2 heterocycles. The van der Waals surface area contributed by atoms with Gasteiger partial charge in [0.05, 0.1) is 16.9 Å². The minimum Gasteiger partial charge on any atom is -0.292 e. The number of halogens is 3. The molecule has 2 aromatic rings. The average Bonchev–Trinajstić information content (AvgIpc) is 2.79. The first-order valence-electron chi connectivity index (χ1n) is 6.98. The number of nitrogens with zero attached hydrogens (tertiary/aromatic N) is 3. The number of aromatic nitrogens is 3. The van der Waals surface area contributed by atoms with Crippen molar-refractivity contribution in [3.8, 4) is 0 Å². The Bertz CT molecular complexity index is 668. The van der Waals surface area contributed by atoms with Crippen LogP contribution in [0.15, 0.2) is 12.4 Å². The molecule has 0 aromatic carbocycles. The van der Waals surface area contributed by atoms with Crippen LogP contribution >= 0.6 is 11.3 Å². The summed E-state index contributed by atoms with van der Waals surface area (Å²) < 4.78 is 36.0. The minimum absolute atomic E-state index is 0.0775. The predicted octanol–water partition coefficient (Wildman–Crippen LogP) is 4.55.